The second-order valence-electron chi connectivity index (χ2n) is 15.3. The van der Waals surface area contributed by atoms with E-state index in [-0.39, 0.29) is 18.3 Å². The van der Waals surface area contributed by atoms with Gasteiger partial charge in [-0.05, 0) is 35.8 Å². The Morgan fingerprint density at radius 3 is 1.80 bits per heavy atom. The van der Waals surface area contributed by atoms with E-state index in [9.17, 15) is 15.4 Å². The van der Waals surface area contributed by atoms with E-state index < -0.39 is 88.2 Å². The molecule has 0 bridgehead atoms. The number of rotatable bonds is 9. The smallest absolute Gasteiger partial charge is 0.338 e. The molecule has 12 atom stereocenters. The van der Waals surface area contributed by atoms with Gasteiger partial charge in [0.15, 0.2) is 39.6 Å². The molecule has 4 heterocycles. The Hall–Kier alpha value is -3.70. The van der Waals surface area contributed by atoms with Crippen molar-refractivity contribution >= 4 is 14.3 Å². The summed E-state index contributed by atoms with van der Waals surface area (Å²) in [6.07, 6.45) is -11.3. The molecule has 7 rings (SSSR count). The fourth-order valence-corrected chi connectivity index (χ4v) is 7.88. The Morgan fingerprint density at radius 2 is 1.28 bits per heavy atom. The molecule has 0 radical (unpaired) electrons. The summed E-state index contributed by atoms with van der Waals surface area (Å²) in [5.74, 6) is -0.662. The summed E-state index contributed by atoms with van der Waals surface area (Å²) in [6.45, 7) is 10.6. The molecular formula is C39H47N3O11Si. The highest BCUT2D eigenvalue weighted by Crippen LogP contribution is 2.43. The normalized spacial score (nSPS) is 34.1. The van der Waals surface area contributed by atoms with Gasteiger partial charge in [-0.15, -0.1) is 0 Å². The van der Waals surface area contributed by atoms with Crippen LogP contribution in [0.5, 0.6) is 0 Å². The predicted octanol–water partition coefficient (Wildman–Crippen LogP) is 6.34. The Morgan fingerprint density at radius 1 is 0.778 bits per heavy atom. The van der Waals surface area contributed by atoms with Crippen molar-refractivity contribution in [3.63, 3.8) is 0 Å². The first-order valence-corrected chi connectivity index (χ1v) is 21.1. The zero-order valence-electron chi connectivity index (χ0n) is 30.9. The van der Waals surface area contributed by atoms with Crippen molar-refractivity contribution in [3.05, 3.63) is 118 Å². The lowest BCUT2D eigenvalue weighted by Gasteiger charge is -2.52. The monoisotopic (exact) mass is 761 g/mol. The summed E-state index contributed by atoms with van der Waals surface area (Å²) in [4.78, 5) is 16.7. The number of carbonyl (C=O) groups is 1. The first-order chi connectivity index (χ1) is 25.9. The lowest BCUT2D eigenvalue weighted by molar-refractivity contribution is -0.389. The third-order valence-electron chi connectivity index (χ3n) is 10.7. The molecule has 14 nitrogen and oxygen atoms in total. The number of hydrogen-bond acceptors (Lipinski definition) is 12. The van der Waals surface area contributed by atoms with Crippen LogP contribution in [-0.2, 0) is 42.3 Å². The second kappa shape index (κ2) is 16.2. The highest BCUT2D eigenvalue weighted by molar-refractivity contribution is 6.74. The minimum atomic E-state index is -2.52. The van der Waals surface area contributed by atoms with Gasteiger partial charge >= 0.3 is 5.97 Å². The summed E-state index contributed by atoms with van der Waals surface area (Å²) >= 11 is 0. The van der Waals surface area contributed by atoms with E-state index in [0.717, 1.165) is 11.1 Å². The van der Waals surface area contributed by atoms with Crippen molar-refractivity contribution in [1.82, 2.24) is 0 Å². The number of fused-ring (bicyclic) bond motifs is 2. The van der Waals surface area contributed by atoms with Crippen molar-refractivity contribution in [1.29, 1.82) is 0 Å². The number of esters is 1. The molecule has 0 aromatic heterocycles. The summed E-state index contributed by atoms with van der Waals surface area (Å²) in [6, 6.07) is 26.1. The molecule has 3 aromatic rings. The number of aliphatic hydroxyl groups excluding tert-OH is 1. The van der Waals surface area contributed by atoms with E-state index in [1.54, 1.807) is 30.3 Å². The average molecular weight is 762 g/mol. The van der Waals surface area contributed by atoms with E-state index in [4.69, 9.17) is 42.3 Å². The molecule has 4 aliphatic rings. The molecule has 1 N–H and O–H groups in total. The SMILES string of the molecule is CC(C)(C)[Si](C)(C)O[C@@H]1O[C@@H]2CO[C@H](c3ccccc3)O[C@@H]2[C@H](O[C@@H]2O[C@@H]3CO[C@H](c4ccccc4)O[C@@H]3[C@H](OC(=O)c3ccccc3)[C@H]2O)[C@H]1N=[N+]=[N-]. The van der Waals surface area contributed by atoms with Gasteiger partial charge in [0, 0.05) is 16.0 Å². The molecule has 0 amide bonds. The van der Waals surface area contributed by atoms with Crippen LogP contribution in [-0.4, -0.2) is 94.0 Å². The third kappa shape index (κ3) is 8.13. The largest absolute Gasteiger partial charge is 0.453 e. The van der Waals surface area contributed by atoms with Gasteiger partial charge in [0.25, 0.3) is 0 Å². The molecular weight excluding hydrogens is 715 g/mol. The molecule has 4 saturated heterocycles. The molecule has 0 spiro atoms. The fourth-order valence-electron chi connectivity index (χ4n) is 6.75. The first kappa shape index (κ1) is 38.6. The van der Waals surface area contributed by atoms with Gasteiger partial charge in [-0.25, -0.2) is 4.79 Å². The third-order valence-corrected chi connectivity index (χ3v) is 15.1. The molecule has 15 heteroatoms. The van der Waals surface area contributed by atoms with E-state index >= 15 is 0 Å². The van der Waals surface area contributed by atoms with Crippen LogP contribution in [0, 0.1) is 0 Å². The average Bonchev–Trinajstić information content (AvgIpc) is 3.17. The van der Waals surface area contributed by atoms with E-state index in [1.165, 1.54) is 0 Å². The minimum Gasteiger partial charge on any atom is -0.453 e. The van der Waals surface area contributed by atoms with Crippen LogP contribution in [0.3, 0.4) is 0 Å². The summed E-state index contributed by atoms with van der Waals surface area (Å²) in [7, 11) is -2.52. The van der Waals surface area contributed by atoms with Crippen LogP contribution in [0.1, 0.15) is 54.8 Å². The highest BCUT2D eigenvalue weighted by Gasteiger charge is 2.57. The zero-order chi connectivity index (χ0) is 38.0. The Balaban J connectivity index is 1.21. The fraction of sp³-hybridized carbons (Fsp3) is 0.513. The van der Waals surface area contributed by atoms with Gasteiger partial charge in [0.1, 0.15) is 42.7 Å². The van der Waals surface area contributed by atoms with Gasteiger partial charge in [0.05, 0.1) is 18.8 Å². The van der Waals surface area contributed by atoms with Crippen molar-refractivity contribution < 1.29 is 52.2 Å². The van der Waals surface area contributed by atoms with Crippen molar-refractivity contribution in [2.24, 2.45) is 5.11 Å². The standard InChI is InChI=1S/C39H47N3O11Si/c1-39(2,3)54(4,5)53-37-28(41-42-40)32(30-26(47-37)21-45-35(50-30)24-17-11-7-12-18-24)52-38-29(43)33(49-34(44)23-15-9-6-10-16-23)31-27(48-38)22-46-36(51-31)25-19-13-8-14-20-25/h6-20,26-33,35-38,43H,21-22H2,1-5H3/t26-,27-,28-,29-,30+,31+,32-,33-,35+,36+,37+,38+/m1/s1. The maximum atomic E-state index is 13.5. The van der Waals surface area contributed by atoms with Gasteiger partial charge in [0.2, 0.25) is 0 Å². The maximum absolute atomic E-state index is 13.5. The van der Waals surface area contributed by atoms with Gasteiger partial charge in [-0.2, -0.15) is 0 Å². The second-order valence-corrected chi connectivity index (χ2v) is 20.1. The van der Waals surface area contributed by atoms with Crippen LogP contribution in [0.4, 0.5) is 0 Å². The van der Waals surface area contributed by atoms with Gasteiger partial charge < -0.3 is 47.4 Å². The number of carbonyl (C=O) groups excluding carboxylic acids is 1. The van der Waals surface area contributed by atoms with Crippen molar-refractivity contribution in [2.75, 3.05) is 13.2 Å². The van der Waals surface area contributed by atoms with Crippen LogP contribution in [0.15, 0.2) is 96.1 Å². The minimum absolute atomic E-state index is 0.0351. The van der Waals surface area contributed by atoms with Crippen molar-refractivity contribution in [3.8, 4) is 0 Å². The van der Waals surface area contributed by atoms with Crippen molar-refractivity contribution in [2.45, 2.75) is 113 Å². The molecule has 4 aliphatic heterocycles. The predicted molar refractivity (Wildman–Crippen MR) is 195 cm³/mol. The van der Waals surface area contributed by atoms with Gasteiger partial charge in [-0.1, -0.05) is 105 Å². The molecule has 54 heavy (non-hydrogen) atoms. The number of azide groups is 1. The first-order valence-electron chi connectivity index (χ1n) is 18.2. The maximum Gasteiger partial charge on any atom is 0.338 e. The number of nitrogens with zero attached hydrogens (tertiary/aromatic N) is 3. The van der Waals surface area contributed by atoms with Gasteiger partial charge in [-0.3, -0.25) is 0 Å². The molecule has 4 fully saturated rings. The molecule has 0 aliphatic carbocycles. The summed E-state index contributed by atoms with van der Waals surface area (Å²) in [5, 5.41) is 16.0. The molecule has 0 unspecified atom stereocenters. The quantitative estimate of drug-likeness (QED) is 0.0850. The molecule has 288 valence electrons. The lowest BCUT2D eigenvalue weighted by atomic mass is 9.94. The summed E-state index contributed by atoms with van der Waals surface area (Å²) < 4.78 is 57.5. The number of aliphatic hydroxyl groups is 1. The zero-order valence-corrected chi connectivity index (χ0v) is 31.9. The molecule has 3 aromatic carbocycles. The van der Waals surface area contributed by atoms with E-state index in [2.05, 4.69) is 43.9 Å². The van der Waals surface area contributed by atoms with Crippen LogP contribution < -0.4 is 0 Å². The number of ether oxygens (including phenoxy) is 8. The lowest BCUT2D eigenvalue weighted by Crippen LogP contribution is -2.68. The topological polar surface area (TPSA) is 169 Å². The molecule has 0 saturated carbocycles. The Labute approximate surface area is 315 Å². The van der Waals surface area contributed by atoms with E-state index in [0.29, 0.717) is 5.56 Å². The number of benzene rings is 3. The summed E-state index contributed by atoms with van der Waals surface area (Å²) in [5.41, 5.74) is 11.7. The highest BCUT2D eigenvalue weighted by atomic mass is 28.4. The van der Waals surface area contributed by atoms with E-state index in [1.807, 2.05) is 60.7 Å². The van der Waals surface area contributed by atoms with Crippen LogP contribution in [0.25, 0.3) is 10.4 Å². The van der Waals surface area contributed by atoms with Crippen LogP contribution in [0.2, 0.25) is 18.1 Å². The Bertz CT molecular complexity index is 1760. The Kier molecular flexibility index (Phi) is 11.6. The van der Waals surface area contributed by atoms with Crippen LogP contribution >= 0.6 is 0 Å². The number of hydrogen-bond donors (Lipinski definition) is 1.